The van der Waals surface area contributed by atoms with Crippen LogP contribution in [0.4, 0.5) is 0 Å². The minimum atomic E-state index is 0. The largest absolute Gasteiger partial charge is 0.356 e. The predicted molar refractivity (Wildman–Crippen MR) is 136 cm³/mol. The third-order valence-electron chi connectivity index (χ3n) is 5.58. The lowest BCUT2D eigenvalue weighted by Gasteiger charge is -2.40. The number of nitrogens with one attached hydrogen (secondary N) is 2. The second-order valence-corrected chi connectivity index (χ2v) is 8.65. The molecular weight excluding hydrogens is 527 g/mol. The van der Waals surface area contributed by atoms with Crippen LogP contribution in [0.2, 0.25) is 5.02 Å². The number of hydrogen-bond acceptors (Lipinski definition) is 5. The van der Waals surface area contributed by atoms with Gasteiger partial charge in [0.15, 0.2) is 11.8 Å². The Morgan fingerprint density at radius 2 is 2.16 bits per heavy atom. The highest BCUT2D eigenvalue weighted by atomic mass is 127. The highest BCUT2D eigenvalue weighted by Crippen LogP contribution is 2.35. The molecule has 0 spiro atoms. The van der Waals surface area contributed by atoms with Gasteiger partial charge in [-0.05, 0) is 50.0 Å². The minimum Gasteiger partial charge on any atom is -0.356 e. The Morgan fingerprint density at radius 3 is 2.84 bits per heavy atom. The van der Waals surface area contributed by atoms with Gasteiger partial charge in [0.1, 0.15) is 0 Å². The van der Waals surface area contributed by atoms with Crippen LogP contribution in [-0.4, -0.2) is 54.7 Å². The van der Waals surface area contributed by atoms with Gasteiger partial charge in [0.05, 0.1) is 0 Å². The first kappa shape index (κ1) is 25.9. The molecule has 172 valence electrons. The fourth-order valence-electron chi connectivity index (χ4n) is 4.03. The van der Waals surface area contributed by atoms with E-state index in [2.05, 4.69) is 63.7 Å². The zero-order chi connectivity index (χ0) is 21.5. The molecule has 1 aromatic heterocycles. The van der Waals surface area contributed by atoms with E-state index >= 15 is 0 Å². The lowest BCUT2D eigenvalue weighted by Crippen LogP contribution is -2.45. The molecule has 0 saturated carbocycles. The standard InChI is InChI=1S/C22H33ClN6O.HI/c1-15(2)21-27-19(30-28-21)10-11-25-22(24-3)26-14-17-8-6-12-29(4)20(17)16-7-5-9-18(23)13-16;/h5,7,9,13,15,17,20H,6,8,10-12,14H2,1-4H3,(H2,24,25,26);1H. The third kappa shape index (κ3) is 7.32. The molecule has 2 atom stereocenters. The van der Waals surface area contributed by atoms with Gasteiger partial charge in [-0.25, -0.2) is 0 Å². The highest BCUT2D eigenvalue weighted by molar-refractivity contribution is 14.0. The molecule has 7 nitrogen and oxygen atoms in total. The van der Waals surface area contributed by atoms with Gasteiger partial charge in [0, 0.05) is 43.5 Å². The minimum absolute atomic E-state index is 0. The van der Waals surface area contributed by atoms with Crippen molar-refractivity contribution < 1.29 is 4.52 Å². The van der Waals surface area contributed by atoms with E-state index in [1.807, 2.05) is 12.1 Å². The van der Waals surface area contributed by atoms with E-state index in [4.69, 9.17) is 16.1 Å². The van der Waals surface area contributed by atoms with Crippen LogP contribution in [0.1, 0.15) is 55.9 Å². The molecule has 0 amide bonds. The number of guanidine groups is 1. The number of rotatable bonds is 7. The molecule has 9 heteroatoms. The Morgan fingerprint density at radius 1 is 1.35 bits per heavy atom. The summed E-state index contributed by atoms with van der Waals surface area (Å²) >= 11 is 6.26. The summed E-state index contributed by atoms with van der Waals surface area (Å²) in [5, 5.41) is 11.6. The van der Waals surface area contributed by atoms with Crippen molar-refractivity contribution >= 4 is 41.5 Å². The summed E-state index contributed by atoms with van der Waals surface area (Å²) < 4.78 is 5.30. The van der Waals surface area contributed by atoms with Crippen molar-refractivity contribution in [3.8, 4) is 0 Å². The summed E-state index contributed by atoms with van der Waals surface area (Å²) in [6.07, 6.45) is 3.03. The van der Waals surface area contributed by atoms with Crippen LogP contribution in [0, 0.1) is 5.92 Å². The van der Waals surface area contributed by atoms with Crippen LogP contribution >= 0.6 is 35.6 Å². The molecule has 1 aromatic carbocycles. The van der Waals surface area contributed by atoms with Crippen LogP contribution < -0.4 is 10.6 Å². The Balaban J connectivity index is 0.00000341. The fourth-order valence-corrected chi connectivity index (χ4v) is 4.23. The highest BCUT2D eigenvalue weighted by Gasteiger charge is 2.30. The maximum atomic E-state index is 6.26. The van der Waals surface area contributed by atoms with E-state index < -0.39 is 0 Å². The number of aliphatic imine (C=N–C) groups is 1. The first-order chi connectivity index (χ1) is 14.5. The molecule has 3 rings (SSSR count). The van der Waals surface area contributed by atoms with E-state index in [0.717, 1.165) is 29.9 Å². The van der Waals surface area contributed by atoms with Crippen molar-refractivity contribution in [1.82, 2.24) is 25.7 Å². The van der Waals surface area contributed by atoms with Gasteiger partial charge in [0.2, 0.25) is 5.89 Å². The number of hydrogen-bond donors (Lipinski definition) is 2. The Kier molecular flexibility index (Phi) is 10.5. The van der Waals surface area contributed by atoms with Crippen LogP contribution in [0.25, 0.3) is 0 Å². The van der Waals surface area contributed by atoms with Crippen molar-refractivity contribution in [2.45, 2.75) is 45.1 Å². The van der Waals surface area contributed by atoms with Gasteiger partial charge in [-0.3, -0.25) is 9.89 Å². The smallest absolute Gasteiger partial charge is 0.228 e. The molecule has 31 heavy (non-hydrogen) atoms. The lowest BCUT2D eigenvalue weighted by atomic mass is 9.85. The Labute approximate surface area is 207 Å². The van der Waals surface area contributed by atoms with Gasteiger partial charge in [-0.1, -0.05) is 42.7 Å². The maximum absolute atomic E-state index is 6.26. The molecule has 0 aliphatic carbocycles. The molecule has 2 unspecified atom stereocenters. The Bertz CT molecular complexity index is 843. The summed E-state index contributed by atoms with van der Waals surface area (Å²) in [5.41, 5.74) is 1.27. The number of likely N-dealkylation sites (tertiary alicyclic amines) is 1. The monoisotopic (exact) mass is 560 g/mol. The van der Waals surface area contributed by atoms with E-state index in [9.17, 15) is 0 Å². The molecular formula is C22H34ClIN6O. The number of halogens is 2. The average molecular weight is 561 g/mol. The van der Waals surface area contributed by atoms with Gasteiger partial charge in [-0.2, -0.15) is 4.98 Å². The quantitative estimate of drug-likeness (QED) is 0.299. The number of piperidine rings is 1. The maximum Gasteiger partial charge on any atom is 0.228 e. The SMILES string of the molecule is CN=C(NCCc1nc(C(C)C)no1)NCC1CCCN(C)C1c1cccc(Cl)c1.I. The first-order valence-electron chi connectivity index (χ1n) is 10.7. The topological polar surface area (TPSA) is 78.6 Å². The van der Waals surface area contributed by atoms with Crippen molar-refractivity contribution in [2.75, 3.05) is 33.7 Å². The second kappa shape index (κ2) is 12.6. The molecule has 1 aliphatic heterocycles. The number of aromatic nitrogens is 2. The van der Waals surface area contributed by atoms with Crippen LogP contribution in [0.15, 0.2) is 33.8 Å². The number of benzene rings is 1. The third-order valence-corrected chi connectivity index (χ3v) is 5.82. The first-order valence-corrected chi connectivity index (χ1v) is 11.1. The van der Waals surface area contributed by atoms with Gasteiger partial charge < -0.3 is 15.2 Å². The normalized spacial score (nSPS) is 19.9. The second-order valence-electron chi connectivity index (χ2n) is 8.21. The van der Waals surface area contributed by atoms with Gasteiger partial charge in [0.25, 0.3) is 0 Å². The molecule has 2 N–H and O–H groups in total. The zero-order valence-corrected chi connectivity index (χ0v) is 21.9. The predicted octanol–water partition coefficient (Wildman–Crippen LogP) is 4.26. The molecule has 0 bridgehead atoms. The molecule has 0 radical (unpaired) electrons. The van der Waals surface area contributed by atoms with Crippen LogP contribution in [-0.2, 0) is 6.42 Å². The van der Waals surface area contributed by atoms with Crippen molar-refractivity contribution in [1.29, 1.82) is 0 Å². The van der Waals surface area contributed by atoms with E-state index in [0.29, 0.717) is 30.8 Å². The molecule has 1 fully saturated rings. The zero-order valence-electron chi connectivity index (χ0n) is 18.8. The summed E-state index contributed by atoms with van der Waals surface area (Å²) in [6, 6.07) is 8.57. The van der Waals surface area contributed by atoms with E-state index in [1.54, 1.807) is 7.05 Å². The Hall–Kier alpha value is -1.39. The average Bonchev–Trinajstić information content (AvgIpc) is 3.20. The molecule has 2 aromatic rings. The van der Waals surface area contributed by atoms with Crippen molar-refractivity contribution in [3.63, 3.8) is 0 Å². The van der Waals surface area contributed by atoms with Crippen LogP contribution in [0.3, 0.4) is 0 Å². The summed E-state index contributed by atoms with van der Waals surface area (Å²) in [6.45, 7) is 6.74. The fraction of sp³-hybridized carbons (Fsp3) is 0.591. The van der Waals surface area contributed by atoms with Crippen LogP contribution in [0.5, 0.6) is 0 Å². The molecule has 1 saturated heterocycles. The lowest BCUT2D eigenvalue weighted by molar-refractivity contribution is 0.122. The summed E-state index contributed by atoms with van der Waals surface area (Å²) in [4.78, 5) is 11.2. The van der Waals surface area contributed by atoms with E-state index in [1.165, 1.54) is 18.4 Å². The van der Waals surface area contributed by atoms with E-state index in [-0.39, 0.29) is 29.9 Å². The number of nitrogens with zero attached hydrogens (tertiary/aromatic N) is 4. The summed E-state index contributed by atoms with van der Waals surface area (Å²) in [7, 11) is 3.99. The molecule has 1 aliphatic rings. The summed E-state index contributed by atoms with van der Waals surface area (Å²) in [5.74, 6) is 2.94. The van der Waals surface area contributed by atoms with Gasteiger partial charge >= 0.3 is 0 Å². The van der Waals surface area contributed by atoms with Crippen molar-refractivity contribution in [2.24, 2.45) is 10.9 Å². The van der Waals surface area contributed by atoms with Gasteiger partial charge in [-0.15, -0.1) is 24.0 Å². The van der Waals surface area contributed by atoms with Crippen molar-refractivity contribution in [3.05, 3.63) is 46.6 Å². The molecule has 2 heterocycles.